The van der Waals surface area contributed by atoms with E-state index in [2.05, 4.69) is 10.2 Å². The molecule has 1 saturated heterocycles. The van der Waals surface area contributed by atoms with Gasteiger partial charge in [-0.25, -0.2) is 4.79 Å². The van der Waals surface area contributed by atoms with E-state index in [1.165, 1.54) is 18.2 Å². The van der Waals surface area contributed by atoms with Crippen molar-refractivity contribution in [3.8, 4) is 0 Å². The largest absolute Gasteiger partial charge is 0.461 e. The molecule has 0 aliphatic carbocycles. The highest BCUT2D eigenvalue weighted by atomic mass is 16.6. The first-order valence-electron chi connectivity index (χ1n) is 11.3. The van der Waals surface area contributed by atoms with E-state index in [4.69, 9.17) is 15.2 Å². The van der Waals surface area contributed by atoms with Crippen LogP contribution in [0.5, 0.6) is 0 Å². The van der Waals surface area contributed by atoms with Crippen LogP contribution in [0.15, 0.2) is 54.6 Å². The molecule has 2 aromatic rings. The number of nitrogens with zero attached hydrogens (tertiary/aromatic N) is 2. The Morgan fingerprint density at radius 3 is 2.44 bits per heavy atom. The van der Waals surface area contributed by atoms with E-state index < -0.39 is 16.9 Å². The smallest absolute Gasteiger partial charge is 0.411 e. The number of anilines is 1. The summed E-state index contributed by atoms with van der Waals surface area (Å²) in [6.45, 7) is 2.69. The molecule has 1 unspecified atom stereocenters. The number of carbonyl (C=O) groups is 2. The van der Waals surface area contributed by atoms with Crippen molar-refractivity contribution >= 4 is 23.4 Å². The fourth-order valence-electron chi connectivity index (χ4n) is 3.82. The molecule has 182 valence electrons. The SMILES string of the molecule is NCC(CN1CCC(COC(=O)Nc2ccccc2[N+](=O)[O-])CC1)C(=O)OCc1ccccc1. The lowest BCUT2D eigenvalue weighted by Gasteiger charge is -2.33. The maximum Gasteiger partial charge on any atom is 0.411 e. The lowest BCUT2D eigenvalue weighted by atomic mass is 9.96. The number of esters is 1. The molecule has 3 rings (SSSR count). The van der Waals surface area contributed by atoms with Gasteiger partial charge in [-0.3, -0.25) is 20.2 Å². The summed E-state index contributed by atoms with van der Waals surface area (Å²) in [5, 5.41) is 13.5. The zero-order valence-electron chi connectivity index (χ0n) is 18.9. The van der Waals surface area contributed by atoms with Crippen molar-refractivity contribution < 1.29 is 24.0 Å². The summed E-state index contributed by atoms with van der Waals surface area (Å²) < 4.78 is 10.7. The maximum absolute atomic E-state index is 12.4. The van der Waals surface area contributed by atoms with Gasteiger partial charge in [-0.1, -0.05) is 42.5 Å². The lowest BCUT2D eigenvalue weighted by Crippen LogP contribution is -2.42. The molecule has 1 heterocycles. The highest BCUT2D eigenvalue weighted by molar-refractivity contribution is 5.87. The summed E-state index contributed by atoms with van der Waals surface area (Å²) in [6.07, 6.45) is 0.880. The molecule has 2 aromatic carbocycles. The number of piperidine rings is 1. The van der Waals surface area contributed by atoms with E-state index in [1.54, 1.807) is 6.07 Å². The van der Waals surface area contributed by atoms with Crippen LogP contribution in [0, 0.1) is 22.0 Å². The van der Waals surface area contributed by atoms with Gasteiger partial charge in [0.25, 0.3) is 5.69 Å². The second kappa shape index (κ2) is 12.7. The van der Waals surface area contributed by atoms with Crippen LogP contribution in [-0.2, 0) is 20.9 Å². The van der Waals surface area contributed by atoms with E-state index >= 15 is 0 Å². The van der Waals surface area contributed by atoms with Gasteiger partial charge in [0.15, 0.2) is 0 Å². The zero-order valence-corrected chi connectivity index (χ0v) is 18.9. The quantitative estimate of drug-likeness (QED) is 0.307. The Hall–Kier alpha value is -3.50. The molecule has 10 heteroatoms. The third-order valence-electron chi connectivity index (χ3n) is 5.82. The molecule has 3 N–H and O–H groups in total. The Balaban J connectivity index is 1.37. The summed E-state index contributed by atoms with van der Waals surface area (Å²) >= 11 is 0. The molecule has 1 aliphatic rings. The topological polar surface area (TPSA) is 137 Å². The zero-order chi connectivity index (χ0) is 24.3. The minimum atomic E-state index is -0.721. The number of amides is 1. The van der Waals surface area contributed by atoms with Crippen molar-refractivity contribution in [3.05, 3.63) is 70.3 Å². The fourth-order valence-corrected chi connectivity index (χ4v) is 3.82. The molecule has 0 radical (unpaired) electrons. The average molecular weight is 471 g/mol. The van der Waals surface area contributed by atoms with Crippen molar-refractivity contribution in [3.63, 3.8) is 0 Å². The molecule has 1 fully saturated rings. The summed E-state index contributed by atoms with van der Waals surface area (Å²) in [5.74, 6) is -0.526. The van der Waals surface area contributed by atoms with E-state index in [1.807, 2.05) is 30.3 Å². The van der Waals surface area contributed by atoms with Crippen LogP contribution < -0.4 is 11.1 Å². The van der Waals surface area contributed by atoms with E-state index in [0.717, 1.165) is 31.5 Å². The molecule has 1 amide bonds. The predicted octanol–water partition coefficient (Wildman–Crippen LogP) is 3.17. The number of nitro benzene ring substituents is 1. The molecule has 0 aromatic heterocycles. The Morgan fingerprint density at radius 2 is 1.76 bits per heavy atom. The lowest BCUT2D eigenvalue weighted by molar-refractivity contribution is -0.383. The monoisotopic (exact) mass is 470 g/mol. The van der Waals surface area contributed by atoms with Gasteiger partial charge in [0.05, 0.1) is 17.4 Å². The molecule has 1 atom stereocenters. The van der Waals surface area contributed by atoms with Gasteiger partial charge in [-0.15, -0.1) is 0 Å². The molecular formula is C24H30N4O6. The average Bonchev–Trinajstić information content (AvgIpc) is 2.86. The predicted molar refractivity (Wildman–Crippen MR) is 126 cm³/mol. The molecule has 34 heavy (non-hydrogen) atoms. The van der Waals surface area contributed by atoms with Crippen LogP contribution in [0.3, 0.4) is 0 Å². The Bertz CT molecular complexity index is 963. The summed E-state index contributed by atoms with van der Waals surface area (Å²) in [4.78, 5) is 37.2. The summed E-state index contributed by atoms with van der Waals surface area (Å²) in [5.41, 5.74) is 6.66. The van der Waals surface area contributed by atoms with Crippen molar-refractivity contribution in [2.24, 2.45) is 17.6 Å². The second-order valence-corrected chi connectivity index (χ2v) is 8.27. The molecule has 0 spiro atoms. The maximum atomic E-state index is 12.4. The number of para-hydroxylation sites is 2. The minimum Gasteiger partial charge on any atom is -0.461 e. The van der Waals surface area contributed by atoms with Crippen LogP contribution in [0.1, 0.15) is 18.4 Å². The number of hydrogen-bond donors (Lipinski definition) is 2. The van der Waals surface area contributed by atoms with Gasteiger partial charge in [0.1, 0.15) is 12.3 Å². The molecular weight excluding hydrogens is 440 g/mol. The molecule has 0 saturated carbocycles. The third-order valence-corrected chi connectivity index (χ3v) is 5.82. The van der Waals surface area contributed by atoms with Gasteiger partial charge in [0.2, 0.25) is 0 Å². The van der Waals surface area contributed by atoms with E-state index in [-0.39, 0.29) is 43.0 Å². The van der Waals surface area contributed by atoms with Gasteiger partial charge >= 0.3 is 12.1 Å². The Labute approximate surface area is 198 Å². The first-order valence-corrected chi connectivity index (χ1v) is 11.3. The first-order chi connectivity index (χ1) is 16.5. The van der Waals surface area contributed by atoms with Crippen molar-refractivity contribution in [1.82, 2.24) is 4.90 Å². The number of likely N-dealkylation sites (tertiary alicyclic amines) is 1. The number of nitro groups is 1. The van der Waals surface area contributed by atoms with Crippen LogP contribution in [-0.4, -0.2) is 54.7 Å². The number of nitrogens with one attached hydrogen (secondary N) is 1. The number of hydrogen-bond acceptors (Lipinski definition) is 8. The van der Waals surface area contributed by atoms with Crippen LogP contribution in [0.2, 0.25) is 0 Å². The first kappa shape index (κ1) is 25.1. The van der Waals surface area contributed by atoms with Crippen molar-refractivity contribution in [1.29, 1.82) is 0 Å². The van der Waals surface area contributed by atoms with E-state index in [0.29, 0.717) is 6.54 Å². The van der Waals surface area contributed by atoms with Crippen LogP contribution in [0.4, 0.5) is 16.2 Å². The van der Waals surface area contributed by atoms with Gasteiger partial charge < -0.3 is 20.1 Å². The number of nitrogens with two attached hydrogens (primary N) is 1. The van der Waals surface area contributed by atoms with Crippen molar-refractivity contribution in [2.45, 2.75) is 19.4 Å². The summed E-state index contributed by atoms with van der Waals surface area (Å²) in [6, 6.07) is 15.4. The molecule has 0 bridgehead atoms. The highest BCUT2D eigenvalue weighted by Crippen LogP contribution is 2.24. The van der Waals surface area contributed by atoms with E-state index in [9.17, 15) is 19.7 Å². The minimum absolute atomic E-state index is 0.0966. The number of rotatable bonds is 10. The van der Waals surface area contributed by atoms with Gasteiger partial charge in [-0.2, -0.15) is 0 Å². The normalized spacial score (nSPS) is 15.3. The third kappa shape index (κ3) is 7.53. The second-order valence-electron chi connectivity index (χ2n) is 8.27. The van der Waals surface area contributed by atoms with Gasteiger partial charge in [-0.05, 0) is 43.5 Å². The van der Waals surface area contributed by atoms with Crippen LogP contribution >= 0.6 is 0 Å². The molecule has 10 nitrogen and oxygen atoms in total. The highest BCUT2D eigenvalue weighted by Gasteiger charge is 2.26. The van der Waals surface area contributed by atoms with Crippen LogP contribution in [0.25, 0.3) is 0 Å². The fraction of sp³-hybridized carbons (Fsp3) is 0.417. The number of benzene rings is 2. The number of carbonyl (C=O) groups excluding carboxylic acids is 2. The summed E-state index contributed by atoms with van der Waals surface area (Å²) in [7, 11) is 0. The number of ether oxygens (including phenoxy) is 2. The van der Waals surface area contributed by atoms with Crippen molar-refractivity contribution in [2.75, 3.05) is 38.1 Å². The standard InChI is InChI=1S/C24H30N4O6/c25-14-20(23(29)33-16-18-6-2-1-3-7-18)15-27-12-10-19(11-13-27)17-34-24(30)26-21-8-4-5-9-22(21)28(31)32/h1-9,19-20H,10-17,25H2,(H,26,30). The Morgan fingerprint density at radius 1 is 1.09 bits per heavy atom. The van der Waals surface area contributed by atoms with Gasteiger partial charge in [0, 0.05) is 19.2 Å². The Kier molecular flexibility index (Phi) is 9.36. The molecule has 1 aliphatic heterocycles.